The van der Waals surface area contributed by atoms with Crippen LogP contribution in [0.4, 0.5) is 13.2 Å². The van der Waals surface area contributed by atoms with Gasteiger partial charge in [0.1, 0.15) is 0 Å². The van der Waals surface area contributed by atoms with E-state index in [1.807, 2.05) is 0 Å². The van der Waals surface area contributed by atoms with Crippen LogP contribution in [-0.4, -0.2) is 31.0 Å². The van der Waals surface area contributed by atoms with E-state index in [2.05, 4.69) is 5.32 Å². The van der Waals surface area contributed by atoms with Gasteiger partial charge < -0.3 is 10.4 Å². The highest BCUT2D eigenvalue weighted by Crippen LogP contribution is 2.35. The van der Waals surface area contributed by atoms with Crippen molar-refractivity contribution in [3.05, 3.63) is 0 Å². The van der Waals surface area contributed by atoms with Gasteiger partial charge in [-0.25, -0.2) is 0 Å². The van der Waals surface area contributed by atoms with Crippen LogP contribution in [0.25, 0.3) is 0 Å². The van der Waals surface area contributed by atoms with Crippen LogP contribution in [0, 0.1) is 5.41 Å². The van der Waals surface area contributed by atoms with Crippen molar-refractivity contribution in [2.24, 2.45) is 5.41 Å². The van der Waals surface area contributed by atoms with Gasteiger partial charge >= 0.3 is 6.18 Å². The maximum atomic E-state index is 11.9. The molecule has 0 unspecified atom stereocenters. The van der Waals surface area contributed by atoms with Gasteiger partial charge in [0.05, 0.1) is 0 Å². The van der Waals surface area contributed by atoms with Gasteiger partial charge in [-0.15, -0.1) is 0 Å². The minimum Gasteiger partial charge on any atom is -0.396 e. The molecule has 0 spiro atoms. The molecular formula is C12H22F3NO. The second-order valence-electron chi connectivity index (χ2n) is 5.11. The van der Waals surface area contributed by atoms with Crippen LogP contribution in [0.1, 0.15) is 44.9 Å². The molecule has 0 aromatic heterocycles. The van der Waals surface area contributed by atoms with Crippen molar-refractivity contribution in [3.63, 3.8) is 0 Å². The number of halogens is 3. The molecule has 17 heavy (non-hydrogen) atoms. The highest BCUT2D eigenvalue weighted by Gasteiger charge is 2.31. The fourth-order valence-corrected chi connectivity index (χ4v) is 2.46. The molecule has 2 N–H and O–H groups in total. The van der Waals surface area contributed by atoms with Crippen LogP contribution in [0.3, 0.4) is 0 Å². The quantitative estimate of drug-likeness (QED) is 0.713. The zero-order chi connectivity index (χ0) is 12.8. The Hall–Kier alpha value is -0.290. The Bertz CT molecular complexity index is 212. The van der Waals surface area contributed by atoms with E-state index >= 15 is 0 Å². The molecule has 1 rings (SSSR count). The van der Waals surface area contributed by atoms with E-state index in [9.17, 15) is 18.3 Å². The normalized spacial score (nSPS) is 20.5. The van der Waals surface area contributed by atoms with Crippen molar-refractivity contribution in [3.8, 4) is 0 Å². The van der Waals surface area contributed by atoms with Gasteiger partial charge in [-0.2, -0.15) is 13.2 Å². The number of hydrogen-bond donors (Lipinski definition) is 2. The van der Waals surface area contributed by atoms with Gasteiger partial charge in [0, 0.05) is 25.0 Å². The summed E-state index contributed by atoms with van der Waals surface area (Å²) in [5, 5.41) is 12.5. The molecule has 102 valence electrons. The minimum absolute atomic E-state index is 0.0868. The van der Waals surface area contributed by atoms with Crippen molar-refractivity contribution in [2.45, 2.75) is 51.1 Å². The van der Waals surface area contributed by atoms with Gasteiger partial charge in [-0.05, 0) is 25.8 Å². The summed E-state index contributed by atoms with van der Waals surface area (Å²) >= 11 is 0. The first kappa shape index (κ1) is 14.8. The predicted molar refractivity (Wildman–Crippen MR) is 60.8 cm³/mol. The Morgan fingerprint density at radius 2 is 1.76 bits per heavy atom. The second-order valence-corrected chi connectivity index (χ2v) is 5.11. The molecule has 0 saturated heterocycles. The summed E-state index contributed by atoms with van der Waals surface area (Å²) in [5.41, 5.74) is -0.0868. The summed E-state index contributed by atoms with van der Waals surface area (Å²) in [7, 11) is 0. The summed E-state index contributed by atoms with van der Waals surface area (Å²) in [6, 6.07) is 0. The summed E-state index contributed by atoms with van der Waals surface area (Å²) in [5.74, 6) is 0. The van der Waals surface area contributed by atoms with Gasteiger partial charge in [0.15, 0.2) is 0 Å². The summed E-state index contributed by atoms with van der Waals surface area (Å²) in [6.45, 7) is 1.15. The van der Waals surface area contributed by atoms with Crippen LogP contribution in [0.15, 0.2) is 0 Å². The number of hydrogen-bond acceptors (Lipinski definition) is 2. The molecule has 1 aliphatic carbocycles. The van der Waals surface area contributed by atoms with Gasteiger partial charge in [-0.3, -0.25) is 0 Å². The highest BCUT2D eigenvalue weighted by molar-refractivity contribution is 4.84. The summed E-state index contributed by atoms with van der Waals surface area (Å²) < 4.78 is 35.7. The number of aliphatic hydroxyl groups excluding tert-OH is 1. The number of alkyl halides is 3. The van der Waals surface area contributed by atoms with E-state index in [1.54, 1.807) is 0 Å². The number of nitrogens with one attached hydrogen (secondary N) is 1. The third kappa shape index (κ3) is 5.73. The average molecular weight is 253 g/mol. The molecule has 0 radical (unpaired) electrons. The lowest BCUT2D eigenvalue weighted by molar-refractivity contribution is -0.135. The maximum absolute atomic E-state index is 11.9. The van der Waals surface area contributed by atoms with Crippen molar-refractivity contribution in [1.82, 2.24) is 5.32 Å². The standard InChI is InChI=1S/C12H22F3NO/c13-12(14,15)7-4-8-16-9-11(10-17)5-2-1-3-6-11/h16-17H,1-10H2. The molecule has 0 atom stereocenters. The Morgan fingerprint density at radius 1 is 1.12 bits per heavy atom. The number of rotatable bonds is 6. The molecule has 1 saturated carbocycles. The lowest BCUT2D eigenvalue weighted by Crippen LogP contribution is -2.39. The van der Waals surface area contributed by atoms with E-state index < -0.39 is 12.6 Å². The molecule has 2 nitrogen and oxygen atoms in total. The SMILES string of the molecule is OCC1(CNCCCC(F)(F)F)CCCCC1. The van der Waals surface area contributed by atoms with Crippen molar-refractivity contribution >= 4 is 0 Å². The minimum atomic E-state index is -4.05. The Balaban J connectivity index is 2.15. The van der Waals surface area contributed by atoms with Gasteiger partial charge in [0.25, 0.3) is 0 Å². The van der Waals surface area contributed by atoms with Crippen LogP contribution in [0.2, 0.25) is 0 Å². The third-order valence-corrected chi connectivity index (χ3v) is 3.56. The van der Waals surface area contributed by atoms with E-state index in [4.69, 9.17) is 0 Å². The summed E-state index contributed by atoms with van der Waals surface area (Å²) in [4.78, 5) is 0. The first-order valence-electron chi connectivity index (χ1n) is 6.36. The van der Waals surface area contributed by atoms with E-state index in [0.717, 1.165) is 25.7 Å². The fraction of sp³-hybridized carbons (Fsp3) is 1.00. The Kier molecular flexibility index (Phi) is 5.73. The Labute approximate surface area is 101 Å². The fourth-order valence-electron chi connectivity index (χ4n) is 2.46. The van der Waals surface area contributed by atoms with Crippen molar-refractivity contribution in [1.29, 1.82) is 0 Å². The molecule has 0 aliphatic heterocycles. The molecule has 0 amide bonds. The first-order valence-corrected chi connectivity index (χ1v) is 6.36. The second kappa shape index (κ2) is 6.59. The topological polar surface area (TPSA) is 32.3 Å². The molecule has 0 aromatic rings. The Morgan fingerprint density at radius 3 is 2.29 bits per heavy atom. The van der Waals surface area contributed by atoms with Gasteiger partial charge in [-0.1, -0.05) is 19.3 Å². The first-order chi connectivity index (χ1) is 7.97. The van der Waals surface area contributed by atoms with Crippen molar-refractivity contribution in [2.75, 3.05) is 19.7 Å². The largest absolute Gasteiger partial charge is 0.396 e. The van der Waals surface area contributed by atoms with Crippen LogP contribution in [-0.2, 0) is 0 Å². The highest BCUT2D eigenvalue weighted by atomic mass is 19.4. The lowest BCUT2D eigenvalue weighted by Gasteiger charge is -2.35. The molecule has 0 bridgehead atoms. The summed E-state index contributed by atoms with van der Waals surface area (Å²) in [6.07, 6.45) is 0.731. The maximum Gasteiger partial charge on any atom is 0.389 e. The molecule has 0 heterocycles. The molecule has 0 aromatic carbocycles. The zero-order valence-electron chi connectivity index (χ0n) is 10.2. The van der Waals surface area contributed by atoms with Crippen LogP contribution in [0.5, 0.6) is 0 Å². The smallest absolute Gasteiger partial charge is 0.389 e. The van der Waals surface area contributed by atoms with Crippen LogP contribution < -0.4 is 5.32 Å². The van der Waals surface area contributed by atoms with E-state index in [0.29, 0.717) is 13.1 Å². The monoisotopic (exact) mass is 253 g/mol. The van der Waals surface area contributed by atoms with E-state index in [1.165, 1.54) is 6.42 Å². The van der Waals surface area contributed by atoms with Crippen molar-refractivity contribution < 1.29 is 18.3 Å². The average Bonchev–Trinajstić information content (AvgIpc) is 2.28. The predicted octanol–water partition coefficient (Wildman–Crippen LogP) is 2.86. The van der Waals surface area contributed by atoms with E-state index in [-0.39, 0.29) is 18.4 Å². The number of aliphatic hydroxyl groups is 1. The lowest BCUT2D eigenvalue weighted by atomic mass is 9.74. The van der Waals surface area contributed by atoms with Crippen LogP contribution >= 0.6 is 0 Å². The zero-order valence-corrected chi connectivity index (χ0v) is 10.2. The molecular weight excluding hydrogens is 231 g/mol. The molecule has 1 fully saturated rings. The van der Waals surface area contributed by atoms with Gasteiger partial charge in [0.2, 0.25) is 0 Å². The molecule has 1 aliphatic rings. The third-order valence-electron chi connectivity index (χ3n) is 3.56. The molecule has 5 heteroatoms.